The Balaban J connectivity index is 1.38. The molecular formula is C21H24N6O2. The summed E-state index contributed by atoms with van der Waals surface area (Å²) in [5.74, 6) is 2.98. The predicted molar refractivity (Wildman–Crippen MR) is 114 cm³/mol. The standard InChI is InChI=1S/C21H24N6O2/c1-28-18-7-3-16(4-8-18)23-21-24-20(15-22-25-21)27-13-11-26(12-14-27)17-5-9-19(29-2)10-6-17/h3-10,15H,11-14H2,1-2H3,(H,23,24,25). The summed E-state index contributed by atoms with van der Waals surface area (Å²) in [6.45, 7) is 3.56. The number of rotatable bonds is 6. The van der Waals surface area contributed by atoms with Crippen molar-refractivity contribution in [1.29, 1.82) is 0 Å². The van der Waals surface area contributed by atoms with Crippen LogP contribution in [0.2, 0.25) is 0 Å². The fourth-order valence-electron chi connectivity index (χ4n) is 3.29. The molecule has 0 aliphatic carbocycles. The monoisotopic (exact) mass is 392 g/mol. The number of anilines is 4. The van der Waals surface area contributed by atoms with Gasteiger partial charge in [0.1, 0.15) is 11.5 Å². The van der Waals surface area contributed by atoms with Crippen LogP contribution >= 0.6 is 0 Å². The molecule has 1 N–H and O–H groups in total. The minimum atomic E-state index is 0.477. The summed E-state index contributed by atoms with van der Waals surface area (Å²) in [6, 6.07) is 15.8. The van der Waals surface area contributed by atoms with E-state index in [4.69, 9.17) is 9.47 Å². The van der Waals surface area contributed by atoms with Crippen LogP contribution in [0.15, 0.2) is 54.7 Å². The van der Waals surface area contributed by atoms with Crippen molar-refractivity contribution in [2.75, 3.05) is 55.5 Å². The lowest BCUT2D eigenvalue weighted by Crippen LogP contribution is -2.46. The topological polar surface area (TPSA) is 75.6 Å². The van der Waals surface area contributed by atoms with Crippen LogP contribution in [0, 0.1) is 0 Å². The molecule has 29 heavy (non-hydrogen) atoms. The zero-order valence-electron chi connectivity index (χ0n) is 16.6. The van der Waals surface area contributed by atoms with Crippen molar-refractivity contribution in [3.63, 3.8) is 0 Å². The zero-order valence-corrected chi connectivity index (χ0v) is 16.6. The first-order valence-corrected chi connectivity index (χ1v) is 9.50. The van der Waals surface area contributed by atoms with E-state index < -0.39 is 0 Å². The van der Waals surface area contributed by atoms with Crippen LogP contribution in [0.4, 0.5) is 23.1 Å². The molecular weight excluding hydrogens is 368 g/mol. The normalized spacial score (nSPS) is 13.9. The average Bonchev–Trinajstić information content (AvgIpc) is 2.80. The molecule has 4 rings (SSSR count). The van der Waals surface area contributed by atoms with Gasteiger partial charge in [0.2, 0.25) is 5.95 Å². The SMILES string of the molecule is COc1ccc(Nc2nncc(N3CCN(c4ccc(OC)cc4)CC3)n2)cc1. The zero-order chi connectivity index (χ0) is 20.1. The van der Waals surface area contributed by atoms with Crippen molar-refractivity contribution in [3.8, 4) is 11.5 Å². The van der Waals surface area contributed by atoms with Gasteiger partial charge in [-0.15, -0.1) is 5.10 Å². The lowest BCUT2D eigenvalue weighted by atomic mass is 10.2. The number of benzene rings is 2. The van der Waals surface area contributed by atoms with Gasteiger partial charge < -0.3 is 24.6 Å². The summed E-state index contributed by atoms with van der Waals surface area (Å²) < 4.78 is 10.4. The van der Waals surface area contributed by atoms with Crippen LogP contribution < -0.4 is 24.6 Å². The van der Waals surface area contributed by atoms with Crippen molar-refractivity contribution in [2.45, 2.75) is 0 Å². The van der Waals surface area contributed by atoms with E-state index >= 15 is 0 Å². The van der Waals surface area contributed by atoms with Crippen LogP contribution in [-0.4, -0.2) is 55.6 Å². The number of nitrogens with zero attached hydrogens (tertiary/aromatic N) is 5. The molecule has 150 valence electrons. The predicted octanol–water partition coefficient (Wildman–Crippen LogP) is 2.96. The molecule has 8 nitrogen and oxygen atoms in total. The van der Waals surface area contributed by atoms with Crippen molar-refractivity contribution < 1.29 is 9.47 Å². The van der Waals surface area contributed by atoms with Crippen LogP contribution in [0.5, 0.6) is 11.5 Å². The maximum absolute atomic E-state index is 5.24. The second-order valence-electron chi connectivity index (χ2n) is 6.66. The Bertz CT molecular complexity index is 925. The van der Waals surface area contributed by atoms with E-state index in [2.05, 4.69) is 42.4 Å². The number of nitrogens with one attached hydrogen (secondary N) is 1. The summed E-state index contributed by atoms with van der Waals surface area (Å²) in [5.41, 5.74) is 2.09. The summed E-state index contributed by atoms with van der Waals surface area (Å²) in [6.07, 6.45) is 1.71. The summed E-state index contributed by atoms with van der Waals surface area (Å²) in [4.78, 5) is 9.22. The Morgan fingerprint density at radius 2 is 1.38 bits per heavy atom. The van der Waals surface area contributed by atoms with Gasteiger partial charge in [0.15, 0.2) is 5.82 Å². The fraction of sp³-hybridized carbons (Fsp3) is 0.286. The molecule has 0 spiro atoms. The molecule has 2 heterocycles. The first kappa shape index (κ1) is 18.8. The maximum atomic E-state index is 5.24. The Labute approximate surface area is 170 Å². The lowest BCUT2D eigenvalue weighted by Gasteiger charge is -2.36. The first-order valence-electron chi connectivity index (χ1n) is 9.50. The van der Waals surface area contributed by atoms with Gasteiger partial charge >= 0.3 is 0 Å². The van der Waals surface area contributed by atoms with Gasteiger partial charge in [-0.25, -0.2) is 0 Å². The Kier molecular flexibility index (Phi) is 5.60. The number of ether oxygens (including phenoxy) is 2. The largest absolute Gasteiger partial charge is 0.497 e. The van der Waals surface area contributed by atoms with E-state index in [1.165, 1.54) is 5.69 Å². The molecule has 1 saturated heterocycles. The molecule has 0 saturated carbocycles. The van der Waals surface area contributed by atoms with Gasteiger partial charge in [-0.1, -0.05) is 0 Å². The van der Waals surface area contributed by atoms with E-state index in [-0.39, 0.29) is 0 Å². The van der Waals surface area contributed by atoms with Gasteiger partial charge in [-0.2, -0.15) is 10.1 Å². The second kappa shape index (κ2) is 8.64. The molecule has 1 fully saturated rings. The van der Waals surface area contributed by atoms with E-state index in [1.807, 2.05) is 36.4 Å². The number of piperazine rings is 1. The molecule has 1 aliphatic rings. The van der Waals surface area contributed by atoms with Crippen LogP contribution in [0.25, 0.3) is 0 Å². The molecule has 0 radical (unpaired) electrons. The van der Waals surface area contributed by atoms with Crippen molar-refractivity contribution >= 4 is 23.1 Å². The third kappa shape index (κ3) is 4.48. The maximum Gasteiger partial charge on any atom is 0.249 e. The summed E-state index contributed by atoms with van der Waals surface area (Å²) in [5, 5.41) is 11.4. The minimum absolute atomic E-state index is 0.477. The Hall–Kier alpha value is -3.55. The molecule has 0 atom stereocenters. The number of hydrogen-bond donors (Lipinski definition) is 1. The van der Waals surface area contributed by atoms with E-state index in [1.54, 1.807) is 20.4 Å². The smallest absolute Gasteiger partial charge is 0.249 e. The number of methoxy groups -OCH3 is 2. The van der Waals surface area contributed by atoms with Crippen molar-refractivity contribution in [2.24, 2.45) is 0 Å². The van der Waals surface area contributed by atoms with Crippen LogP contribution in [0.1, 0.15) is 0 Å². The quantitative estimate of drug-likeness (QED) is 0.686. The van der Waals surface area contributed by atoms with Gasteiger partial charge in [0.25, 0.3) is 0 Å². The number of hydrogen-bond acceptors (Lipinski definition) is 8. The molecule has 3 aromatic rings. The Morgan fingerprint density at radius 3 is 2.00 bits per heavy atom. The Morgan fingerprint density at radius 1 is 0.793 bits per heavy atom. The van der Waals surface area contributed by atoms with Gasteiger partial charge in [0.05, 0.1) is 20.4 Å². The van der Waals surface area contributed by atoms with E-state index in [0.717, 1.165) is 49.2 Å². The second-order valence-corrected chi connectivity index (χ2v) is 6.66. The van der Waals surface area contributed by atoms with E-state index in [9.17, 15) is 0 Å². The van der Waals surface area contributed by atoms with Crippen molar-refractivity contribution in [1.82, 2.24) is 15.2 Å². The highest BCUT2D eigenvalue weighted by molar-refractivity contribution is 5.56. The average molecular weight is 392 g/mol. The molecule has 2 aromatic carbocycles. The fourth-order valence-corrected chi connectivity index (χ4v) is 3.29. The van der Waals surface area contributed by atoms with Gasteiger partial charge in [0, 0.05) is 37.6 Å². The van der Waals surface area contributed by atoms with E-state index in [0.29, 0.717) is 5.95 Å². The minimum Gasteiger partial charge on any atom is -0.497 e. The third-order valence-corrected chi connectivity index (χ3v) is 4.93. The lowest BCUT2D eigenvalue weighted by molar-refractivity contribution is 0.414. The molecule has 0 bridgehead atoms. The van der Waals surface area contributed by atoms with Crippen molar-refractivity contribution in [3.05, 3.63) is 54.7 Å². The third-order valence-electron chi connectivity index (χ3n) is 4.93. The highest BCUT2D eigenvalue weighted by atomic mass is 16.5. The summed E-state index contributed by atoms with van der Waals surface area (Å²) >= 11 is 0. The van der Waals surface area contributed by atoms with Gasteiger partial charge in [-0.05, 0) is 48.5 Å². The van der Waals surface area contributed by atoms with Crippen LogP contribution in [-0.2, 0) is 0 Å². The molecule has 8 heteroatoms. The molecule has 0 unspecified atom stereocenters. The first-order chi connectivity index (χ1) is 14.2. The molecule has 0 amide bonds. The summed E-state index contributed by atoms with van der Waals surface area (Å²) in [7, 11) is 3.33. The van der Waals surface area contributed by atoms with Crippen LogP contribution in [0.3, 0.4) is 0 Å². The number of aromatic nitrogens is 3. The highest BCUT2D eigenvalue weighted by Gasteiger charge is 2.19. The van der Waals surface area contributed by atoms with Gasteiger partial charge in [-0.3, -0.25) is 0 Å². The molecule has 1 aromatic heterocycles. The highest BCUT2D eigenvalue weighted by Crippen LogP contribution is 2.23. The molecule has 1 aliphatic heterocycles.